The van der Waals surface area contributed by atoms with Gasteiger partial charge in [0.15, 0.2) is 0 Å². The maximum Gasteiger partial charge on any atom is 1.00 e. The third-order valence-electron chi connectivity index (χ3n) is 1.16. The molecule has 0 amide bonds. The average molecular weight is 242 g/mol. The van der Waals surface area contributed by atoms with Crippen LogP contribution in [0.1, 0.15) is 12.8 Å². The molecule has 0 unspecified atom stereocenters. The van der Waals surface area contributed by atoms with E-state index in [0.717, 1.165) is 0 Å². The van der Waals surface area contributed by atoms with Crippen molar-refractivity contribution in [3.63, 3.8) is 0 Å². The predicted molar refractivity (Wildman–Crippen MR) is 27.7 cm³/mol. The van der Waals surface area contributed by atoms with Crippen molar-refractivity contribution in [1.29, 1.82) is 0 Å². The summed E-state index contributed by atoms with van der Waals surface area (Å²) in [6, 6.07) is 0. The van der Waals surface area contributed by atoms with Crippen LogP contribution >= 0.6 is 0 Å². The molecule has 0 saturated heterocycles. The van der Waals surface area contributed by atoms with Gasteiger partial charge in [0.05, 0.1) is 0 Å². The molecule has 9 heteroatoms. The Hall–Kier alpha value is 1.41. The third-order valence-corrected chi connectivity index (χ3v) is 1.16. The minimum absolute atomic E-state index is 0. The molecule has 0 radical (unpaired) electrons. The van der Waals surface area contributed by atoms with Crippen LogP contribution < -0.4 is 104 Å². The van der Waals surface area contributed by atoms with Crippen molar-refractivity contribution in [2.75, 3.05) is 0 Å². The fourth-order valence-corrected chi connectivity index (χ4v) is 0.641. The van der Waals surface area contributed by atoms with E-state index >= 15 is 0 Å². The SMILES string of the molecule is O=C([O-])CC(CC(=O)[O-])C(=O)[O-].[Na+].[Na+].[Na+]. The Bertz CT molecular complexity index is 203. The van der Waals surface area contributed by atoms with Crippen molar-refractivity contribution in [2.24, 2.45) is 5.92 Å². The summed E-state index contributed by atoms with van der Waals surface area (Å²) in [5, 5.41) is 29.8. The number of carboxylic acid groups (broad SMARTS) is 3. The monoisotopic (exact) mass is 242 g/mol. The zero-order chi connectivity index (χ0) is 9.72. The fraction of sp³-hybridized carbons (Fsp3) is 0.500. The van der Waals surface area contributed by atoms with Crippen molar-refractivity contribution < 1.29 is 118 Å². The molecule has 0 aliphatic carbocycles. The second-order valence-corrected chi connectivity index (χ2v) is 2.17. The van der Waals surface area contributed by atoms with E-state index in [1.54, 1.807) is 0 Å². The average Bonchev–Trinajstić information content (AvgIpc) is 1.83. The van der Waals surface area contributed by atoms with Crippen LogP contribution in [0.25, 0.3) is 0 Å². The van der Waals surface area contributed by atoms with Crippen LogP contribution in [0.15, 0.2) is 0 Å². The summed E-state index contributed by atoms with van der Waals surface area (Å²) in [6.07, 6.45) is -1.76. The Morgan fingerprint density at radius 2 is 1.07 bits per heavy atom. The van der Waals surface area contributed by atoms with Gasteiger partial charge in [-0.25, -0.2) is 0 Å². The fourth-order valence-electron chi connectivity index (χ4n) is 0.641. The van der Waals surface area contributed by atoms with Crippen LogP contribution in [0, 0.1) is 5.92 Å². The Morgan fingerprint density at radius 3 is 1.20 bits per heavy atom. The first-order valence-electron chi connectivity index (χ1n) is 3.04. The van der Waals surface area contributed by atoms with E-state index in [1.807, 2.05) is 0 Å². The number of rotatable bonds is 5. The van der Waals surface area contributed by atoms with Crippen LogP contribution in [0.3, 0.4) is 0 Å². The van der Waals surface area contributed by atoms with Crippen molar-refractivity contribution in [3.8, 4) is 0 Å². The van der Waals surface area contributed by atoms with E-state index in [4.69, 9.17) is 0 Å². The molecular formula is C6H5Na3O6. The molecular weight excluding hydrogens is 237 g/mol. The largest absolute Gasteiger partial charge is 1.00 e. The number of carboxylic acids is 3. The smallest absolute Gasteiger partial charge is 0.550 e. The van der Waals surface area contributed by atoms with Crippen LogP contribution in [0.2, 0.25) is 0 Å². The minimum Gasteiger partial charge on any atom is -0.550 e. The van der Waals surface area contributed by atoms with Gasteiger partial charge in [-0.05, 0) is 12.8 Å². The predicted octanol–water partition coefficient (Wildman–Crippen LogP) is -13.4. The first kappa shape index (κ1) is 25.3. The van der Waals surface area contributed by atoms with Gasteiger partial charge < -0.3 is 29.7 Å². The van der Waals surface area contributed by atoms with Gasteiger partial charge in [0.2, 0.25) is 0 Å². The Kier molecular flexibility index (Phi) is 22.7. The molecule has 15 heavy (non-hydrogen) atoms. The number of aliphatic carboxylic acids is 3. The minimum atomic E-state index is -1.73. The number of hydrogen-bond acceptors (Lipinski definition) is 6. The van der Waals surface area contributed by atoms with Crippen LogP contribution in [-0.2, 0) is 14.4 Å². The molecule has 0 fully saturated rings. The number of hydrogen-bond donors (Lipinski definition) is 0. The van der Waals surface area contributed by atoms with Crippen LogP contribution in [0.4, 0.5) is 0 Å². The second kappa shape index (κ2) is 13.5. The molecule has 68 valence electrons. The molecule has 0 aromatic heterocycles. The van der Waals surface area contributed by atoms with Crippen molar-refractivity contribution in [1.82, 2.24) is 0 Å². The van der Waals surface area contributed by atoms with E-state index in [-0.39, 0.29) is 88.7 Å². The van der Waals surface area contributed by atoms with Gasteiger partial charge in [-0.2, -0.15) is 0 Å². The molecule has 0 rings (SSSR count). The van der Waals surface area contributed by atoms with E-state index in [0.29, 0.717) is 0 Å². The Balaban J connectivity index is -0.000000202. The van der Waals surface area contributed by atoms with Crippen molar-refractivity contribution >= 4 is 17.9 Å². The summed E-state index contributed by atoms with van der Waals surface area (Å²) in [7, 11) is 0. The van der Waals surface area contributed by atoms with Crippen molar-refractivity contribution in [3.05, 3.63) is 0 Å². The quantitative estimate of drug-likeness (QED) is 0.441. The molecule has 0 spiro atoms. The molecule has 0 aliphatic rings. The van der Waals surface area contributed by atoms with Gasteiger partial charge in [0, 0.05) is 23.8 Å². The Labute approximate surface area is 153 Å². The van der Waals surface area contributed by atoms with Crippen LogP contribution in [0.5, 0.6) is 0 Å². The van der Waals surface area contributed by atoms with Crippen LogP contribution in [-0.4, -0.2) is 17.9 Å². The maximum absolute atomic E-state index is 10.1. The number of carbonyl (C=O) groups is 3. The molecule has 0 aromatic carbocycles. The van der Waals surface area contributed by atoms with E-state index in [2.05, 4.69) is 0 Å². The molecule has 0 aromatic rings. The first-order valence-corrected chi connectivity index (χ1v) is 3.04. The van der Waals surface area contributed by atoms with Gasteiger partial charge in [0.25, 0.3) is 0 Å². The second-order valence-electron chi connectivity index (χ2n) is 2.17. The molecule has 0 saturated carbocycles. The molecule has 6 nitrogen and oxygen atoms in total. The van der Waals surface area contributed by atoms with E-state index in [1.165, 1.54) is 0 Å². The van der Waals surface area contributed by atoms with E-state index < -0.39 is 36.7 Å². The summed E-state index contributed by atoms with van der Waals surface area (Å²) in [4.78, 5) is 29.8. The topological polar surface area (TPSA) is 120 Å². The normalized spacial score (nSPS) is 7.80. The molecule has 0 heterocycles. The standard InChI is InChI=1S/C6H8O6.3Na/c7-4(8)1-3(6(11)12)2-5(9)10;;;/h3H,1-2H2,(H,7,8)(H,9,10)(H,11,12);;;/q;3*+1/p-3. The van der Waals surface area contributed by atoms with E-state index in [9.17, 15) is 29.7 Å². The Morgan fingerprint density at radius 1 is 0.800 bits per heavy atom. The van der Waals surface area contributed by atoms with Gasteiger partial charge in [0.1, 0.15) is 0 Å². The molecule has 0 atom stereocenters. The summed E-state index contributed by atoms with van der Waals surface area (Å²) in [5.74, 6) is -6.58. The zero-order valence-corrected chi connectivity index (χ0v) is 14.9. The summed E-state index contributed by atoms with van der Waals surface area (Å²) < 4.78 is 0. The molecule has 0 bridgehead atoms. The summed E-state index contributed by atoms with van der Waals surface area (Å²) in [6.45, 7) is 0. The zero-order valence-electron chi connectivity index (χ0n) is 8.94. The summed E-state index contributed by atoms with van der Waals surface area (Å²) in [5.41, 5.74) is 0. The summed E-state index contributed by atoms with van der Waals surface area (Å²) >= 11 is 0. The van der Waals surface area contributed by atoms with Gasteiger partial charge in [-0.3, -0.25) is 0 Å². The maximum atomic E-state index is 10.1. The van der Waals surface area contributed by atoms with Gasteiger partial charge in [-0.15, -0.1) is 0 Å². The first-order chi connectivity index (χ1) is 5.43. The number of carbonyl (C=O) groups excluding carboxylic acids is 3. The van der Waals surface area contributed by atoms with Gasteiger partial charge in [-0.1, -0.05) is 0 Å². The third kappa shape index (κ3) is 15.4. The molecule has 0 N–H and O–H groups in total. The van der Waals surface area contributed by atoms with Crippen molar-refractivity contribution in [2.45, 2.75) is 12.8 Å². The molecule has 0 aliphatic heterocycles. The van der Waals surface area contributed by atoms with Gasteiger partial charge >= 0.3 is 88.7 Å².